The molecule has 1 aromatic heterocycles. The van der Waals surface area contributed by atoms with Gasteiger partial charge in [-0.15, -0.1) is 11.3 Å². The molecule has 0 amide bonds. The molecule has 0 saturated carbocycles. The molecule has 0 fully saturated rings. The van der Waals surface area contributed by atoms with Crippen molar-refractivity contribution in [2.45, 2.75) is 32.6 Å². The van der Waals surface area contributed by atoms with Gasteiger partial charge >= 0.3 is 0 Å². The summed E-state index contributed by atoms with van der Waals surface area (Å²) in [5.41, 5.74) is 1.10. The van der Waals surface area contributed by atoms with E-state index in [-0.39, 0.29) is 0 Å². The number of para-hydroxylation sites is 2. The minimum atomic E-state index is 0.803. The fourth-order valence-corrected chi connectivity index (χ4v) is 2.76. The molecular formula is C17H23NOS. The molecular weight excluding hydrogens is 266 g/mol. The lowest BCUT2D eigenvalue weighted by Gasteiger charge is -2.12. The molecule has 0 aliphatic carbocycles. The smallest absolute Gasteiger partial charge is 0.142 e. The molecule has 3 heteroatoms. The molecule has 2 aromatic rings. The van der Waals surface area contributed by atoms with E-state index in [0.29, 0.717) is 0 Å². The largest absolute Gasteiger partial charge is 0.491 e. The fourth-order valence-electron chi connectivity index (χ4n) is 2.05. The first-order chi connectivity index (χ1) is 9.90. The maximum Gasteiger partial charge on any atom is 0.142 e. The molecule has 0 unspecified atom stereocenters. The van der Waals surface area contributed by atoms with Crippen molar-refractivity contribution in [3.63, 3.8) is 0 Å². The summed E-state index contributed by atoms with van der Waals surface area (Å²) in [6.07, 6.45) is 4.64. The summed E-state index contributed by atoms with van der Waals surface area (Å²) in [5, 5.41) is 5.60. The van der Waals surface area contributed by atoms with E-state index in [9.17, 15) is 0 Å². The summed E-state index contributed by atoms with van der Waals surface area (Å²) in [6.45, 7) is 3.95. The molecule has 0 bridgehead atoms. The Morgan fingerprint density at radius 2 is 2.00 bits per heavy atom. The molecule has 20 heavy (non-hydrogen) atoms. The highest BCUT2D eigenvalue weighted by atomic mass is 32.1. The van der Waals surface area contributed by atoms with Crippen molar-refractivity contribution in [3.8, 4) is 5.75 Å². The van der Waals surface area contributed by atoms with Crippen LogP contribution in [-0.4, -0.2) is 13.2 Å². The Kier molecular flexibility index (Phi) is 6.45. The number of thiophene rings is 1. The first-order valence-electron chi connectivity index (χ1n) is 7.38. The van der Waals surface area contributed by atoms with Crippen LogP contribution in [0.3, 0.4) is 0 Å². The Bertz CT molecular complexity index is 481. The molecule has 1 heterocycles. The second-order valence-corrected chi connectivity index (χ2v) is 5.84. The summed E-state index contributed by atoms with van der Waals surface area (Å²) in [5.74, 6) is 0.967. The summed E-state index contributed by atoms with van der Waals surface area (Å²) in [4.78, 5) is 1.42. The van der Waals surface area contributed by atoms with Crippen LogP contribution in [0.2, 0.25) is 0 Å². The van der Waals surface area contributed by atoms with Gasteiger partial charge in [0.25, 0.3) is 0 Å². The summed E-state index contributed by atoms with van der Waals surface area (Å²) >= 11 is 1.81. The minimum absolute atomic E-state index is 0.803. The van der Waals surface area contributed by atoms with Crippen molar-refractivity contribution in [3.05, 3.63) is 46.7 Å². The number of anilines is 1. The molecule has 108 valence electrons. The van der Waals surface area contributed by atoms with Gasteiger partial charge in [0, 0.05) is 11.4 Å². The van der Waals surface area contributed by atoms with Crippen LogP contribution >= 0.6 is 11.3 Å². The van der Waals surface area contributed by atoms with Crippen molar-refractivity contribution < 1.29 is 4.74 Å². The van der Waals surface area contributed by atoms with E-state index in [1.807, 2.05) is 29.5 Å². The third kappa shape index (κ3) is 4.89. The fraction of sp³-hybridized carbons (Fsp3) is 0.412. The summed E-state index contributed by atoms with van der Waals surface area (Å²) < 4.78 is 5.87. The van der Waals surface area contributed by atoms with E-state index in [1.165, 1.54) is 17.7 Å². The van der Waals surface area contributed by atoms with Crippen LogP contribution in [0.4, 0.5) is 5.69 Å². The van der Waals surface area contributed by atoms with E-state index < -0.39 is 0 Å². The lowest BCUT2D eigenvalue weighted by molar-refractivity contribution is 0.307. The molecule has 1 aromatic carbocycles. The van der Waals surface area contributed by atoms with Crippen LogP contribution < -0.4 is 10.1 Å². The third-order valence-corrected chi connectivity index (χ3v) is 4.10. The van der Waals surface area contributed by atoms with Gasteiger partial charge in [-0.1, -0.05) is 38.0 Å². The molecule has 0 aliphatic rings. The highest BCUT2D eigenvalue weighted by Crippen LogP contribution is 2.24. The number of hydrogen-bond acceptors (Lipinski definition) is 3. The van der Waals surface area contributed by atoms with Crippen LogP contribution in [0.5, 0.6) is 5.75 Å². The van der Waals surface area contributed by atoms with Gasteiger partial charge in [-0.2, -0.15) is 0 Å². The molecule has 1 N–H and O–H groups in total. The zero-order chi connectivity index (χ0) is 14.0. The van der Waals surface area contributed by atoms with Gasteiger partial charge < -0.3 is 10.1 Å². The molecule has 0 aliphatic heterocycles. The van der Waals surface area contributed by atoms with Crippen molar-refractivity contribution in [2.75, 3.05) is 18.5 Å². The van der Waals surface area contributed by atoms with Crippen molar-refractivity contribution in [2.24, 2.45) is 0 Å². The monoisotopic (exact) mass is 289 g/mol. The van der Waals surface area contributed by atoms with Crippen LogP contribution in [0.25, 0.3) is 0 Å². The summed E-state index contributed by atoms with van der Waals surface area (Å²) in [7, 11) is 0. The van der Waals surface area contributed by atoms with Crippen LogP contribution in [0.15, 0.2) is 41.8 Å². The van der Waals surface area contributed by atoms with E-state index >= 15 is 0 Å². The van der Waals surface area contributed by atoms with Gasteiger partial charge in [0.05, 0.1) is 12.3 Å². The van der Waals surface area contributed by atoms with Crippen molar-refractivity contribution in [1.29, 1.82) is 0 Å². The van der Waals surface area contributed by atoms with Gasteiger partial charge in [-0.05, 0) is 36.4 Å². The normalized spacial score (nSPS) is 10.4. The van der Waals surface area contributed by atoms with Gasteiger partial charge in [-0.25, -0.2) is 0 Å². The number of nitrogens with one attached hydrogen (secondary N) is 1. The van der Waals surface area contributed by atoms with Crippen molar-refractivity contribution in [1.82, 2.24) is 0 Å². The average molecular weight is 289 g/mol. The van der Waals surface area contributed by atoms with Gasteiger partial charge in [-0.3, -0.25) is 0 Å². The Hall–Kier alpha value is -1.48. The van der Waals surface area contributed by atoms with E-state index in [1.54, 1.807) is 0 Å². The first-order valence-corrected chi connectivity index (χ1v) is 8.26. The number of unbranched alkanes of at least 4 members (excludes halogenated alkanes) is 2. The van der Waals surface area contributed by atoms with Crippen LogP contribution in [0.1, 0.15) is 31.1 Å². The Balaban J connectivity index is 1.80. The number of rotatable bonds is 9. The molecule has 2 rings (SSSR count). The van der Waals surface area contributed by atoms with Crippen LogP contribution in [-0.2, 0) is 6.42 Å². The number of ether oxygens (including phenoxy) is 1. The number of benzene rings is 1. The predicted molar refractivity (Wildman–Crippen MR) is 88.0 cm³/mol. The standard InChI is InChI=1S/C17H23NOS/c1-2-3-6-13-19-17-10-5-4-9-16(17)18-12-11-15-8-7-14-20-15/h4-5,7-10,14,18H,2-3,6,11-13H2,1H3. The topological polar surface area (TPSA) is 21.3 Å². The quantitative estimate of drug-likeness (QED) is 0.658. The first kappa shape index (κ1) is 14.9. The second-order valence-electron chi connectivity index (χ2n) is 4.81. The third-order valence-electron chi connectivity index (χ3n) is 3.16. The maximum absolute atomic E-state index is 5.87. The zero-order valence-corrected chi connectivity index (χ0v) is 12.9. The average Bonchev–Trinajstić information content (AvgIpc) is 2.98. The van der Waals surface area contributed by atoms with Crippen molar-refractivity contribution >= 4 is 17.0 Å². The van der Waals surface area contributed by atoms with E-state index in [2.05, 4.69) is 35.8 Å². The SMILES string of the molecule is CCCCCOc1ccccc1NCCc1cccs1. The molecule has 0 saturated heterocycles. The lowest BCUT2D eigenvalue weighted by Crippen LogP contribution is -2.06. The summed E-state index contributed by atoms with van der Waals surface area (Å²) in [6, 6.07) is 12.5. The minimum Gasteiger partial charge on any atom is -0.491 e. The van der Waals surface area contributed by atoms with Gasteiger partial charge in [0.2, 0.25) is 0 Å². The molecule has 0 atom stereocenters. The second kappa shape index (κ2) is 8.64. The lowest BCUT2D eigenvalue weighted by atomic mass is 10.2. The predicted octanol–water partition coefficient (Wildman–Crippen LogP) is 4.97. The highest BCUT2D eigenvalue weighted by molar-refractivity contribution is 7.09. The Morgan fingerprint density at radius 3 is 2.80 bits per heavy atom. The van der Waals surface area contributed by atoms with E-state index in [4.69, 9.17) is 4.74 Å². The Morgan fingerprint density at radius 1 is 1.10 bits per heavy atom. The van der Waals surface area contributed by atoms with E-state index in [0.717, 1.165) is 37.4 Å². The zero-order valence-electron chi connectivity index (χ0n) is 12.1. The Labute approximate surface area is 125 Å². The molecule has 2 nitrogen and oxygen atoms in total. The highest BCUT2D eigenvalue weighted by Gasteiger charge is 2.02. The maximum atomic E-state index is 5.87. The van der Waals surface area contributed by atoms with Gasteiger partial charge in [0.15, 0.2) is 0 Å². The number of hydrogen-bond donors (Lipinski definition) is 1. The molecule has 0 radical (unpaired) electrons. The van der Waals surface area contributed by atoms with Crippen LogP contribution in [0, 0.1) is 0 Å². The molecule has 0 spiro atoms. The van der Waals surface area contributed by atoms with Gasteiger partial charge in [0.1, 0.15) is 5.75 Å².